The van der Waals surface area contributed by atoms with E-state index in [0.717, 1.165) is 6.08 Å². The first-order chi connectivity index (χ1) is 6.76. The molecule has 4 heteroatoms. The Balaban J connectivity index is 2.88. The van der Waals surface area contributed by atoms with E-state index >= 15 is 0 Å². The number of benzene rings is 1. The van der Waals surface area contributed by atoms with Gasteiger partial charge in [0, 0.05) is 12.1 Å². The second-order valence-electron chi connectivity index (χ2n) is 2.33. The average Bonchev–Trinajstić information content (AvgIpc) is 2.19. The zero-order valence-electron chi connectivity index (χ0n) is 7.27. The quantitative estimate of drug-likeness (QED) is 0.250. The molecule has 1 rings (SSSR count). The number of nitrogens with zero attached hydrogens (tertiary/aromatic N) is 1. The predicted molar refractivity (Wildman–Crippen MR) is 57.0 cm³/mol. The first kappa shape index (κ1) is 10.3. The molecule has 70 valence electrons. The van der Waals surface area contributed by atoms with Gasteiger partial charge < -0.3 is 4.74 Å². The summed E-state index contributed by atoms with van der Waals surface area (Å²) >= 11 is 4.45. The molecule has 1 aromatic carbocycles. The summed E-state index contributed by atoms with van der Waals surface area (Å²) in [6.45, 7) is 3.29. The Morgan fingerprint density at radius 1 is 1.64 bits per heavy atom. The lowest BCUT2D eigenvalue weighted by molar-refractivity contribution is -0.128. The Hall–Kier alpha value is -1.77. The van der Waals surface area contributed by atoms with Crippen LogP contribution in [-0.4, -0.2) is 11.1 Å². The summed E-state index contributed by atoms with van der Waals surface area (Å²) < 4.78 is 4.87. The van der Waals surface area contributed by atoms with Gasteiger partial charge in [-0.1, -0.05) is 12.6 Å². The third kappa shape index (κ3) is 2.94. The fraction of sp³-hybridized carbons (Fsp3) is 0. The zero-order valence-corrected chi connectivity index (χ0v) is 8.08. The average molecular weight is 205 g/mol. The van der Waals surface area contributed by atoms with Gasteiger partial charge in [0.15, 0.2) is 0 Å². The molecule has 0 amide bonds. The zero-order chi connectivity index (χ0) is 10.4. The summed E-state index contributed by atoms with van der Waals surface area (Å²) in [5, 5.41) is 2.23. The minimum Gasteiger partial charge on any atom is -0.423 e. The molecule has 0 aliphatic heterocycles. The normalized spacial score (nSPS) is 8.57. The smallest absolute Gasteiger partial charge is 0.335 e. The molecule has 14 heavy (non-hydrogen) atoms. The van der Waals surface area contributed by atoms with Crippen molar-refractivity contribution in [3.63, 3.8) is 0 Å². The highest BCUT2D eigenvalue weighted by Gasteiger charge is 1.99. The fourth-order valence-electron chi connectivity index (χ4n) is 0.827. The number of isothiocyanates is 1. The standard InChI is InChI=1S/C10H7NO2S/c1-2-10(12)13-9-5-3-4-8(6-9)11-7-14/h2-6H,1H2. The molecule has 3 nitrogen and oxygen atoms in total. The minimum atomic E-state index is -0.506. The second kappa shape index (κ2) is 5.07. The number of aliphatic imine (C=N–C) groups is 1. The van der Waals surface area contributed by atoms with Gasteiger partial charge in [-0.15, -0.1) is 0 Å². The van der Waals surface area contributed by atoms with Crippen LogP contribution in [0.3, 0.4) is 0 Å². The van der Waals surface area contributed by atoms with E-state index in [2.05, 4.69) is 29.0 Å². The van der Waals surface area contributed by atoms with Gasteiger partial charge in [0.1, 0.15) is 5.75 Å². The summed E-state index contributed by atoms with van der Waals surface area (Å²) in [6.07, 6.45) is 1.09. The van der Waals surface area contributed by atoms with Gasteiger partial charge in [-0.05, 0) is 24.4 Å². The van der Waals surface area contributed by atoms with Crippen LogP contribution in [0.5, 0.6) is 5.75 Å². The summed E-state index contributed by atoms with van der Waals surface area (Å²) in [4.78, 5) is 14.6. The number of esters is 1. The van der Waals surface area contributed by atoms with Gasteiger partial charge in [-0.2, -0.15) is 4.99 Å². The maximum absolute atomic E-state index is 10.8. The molecule has 0 aliphatic carbocycles. The summed E-state index contributed by atoms with van der Waals surface area (Å²) in [7, 11) is 0. The van der Waals surface area contributed by atoms with Crippen molar-refractivity contribution in [1.82, 2.24) is 0 Å². The molecule has 0 fully saturated rings. The van der Waals surface area contributed by atoms with Crippen LogP contribution in [0, 0.1) is 0 Å². The van der Waals surface area contributed by atoms with Gasteiger partial charge in [0.05, 0.1) is 10.8 Å². The fourth-order valence-corrected chi connectivity index (χ4v) is 0.932. The van der Waals surface area contributed by atoms with Crippen molar-refractivity contribution < 1.29 is 9.53 Å². The Morgan fingerprint density at radius 3 is 3.07 bits per heavy atom. The number of rotatable bonds is 3. The predicted octanol–water partition coefficient (Wildman–Crippen LogP) is 2.51. The molecule has 0 spiro atoms. The molecule has 0 radical (unpaired) electrons. The van der Waals surface area contributed by atoms with E-state index in [-0.39, 0.29) is 0 Å². The lowest BCUT2D eigenvalue weighted by atomic mass is 10.3. The van der Waals surface area contributed by atoms with Crippen LogP contribution < -0.4 is 4.74 Å². The molecular weight excluding hydrogens is 198 g/mol. The van der Waals surface area contributed by atoms with Crippen molar-refractivity contribution in [2.45, 2.75) is 0 Å². The first-order valence-electron chi connectivity index (χ1n) is 3.78. The Kier molecular flexibility index (Phi) is 3.73. The highest BCUT2D eigenvalue weighted by atomic mass is 32.1. The van der Waals surface area contributed by atoms with Gasteiger partial charge in [0.25, 0.3) is 0 Å². The molecule has 0 bridgehead atoms. The molecule has 1 aromatic rings. The maximum atomic E-state index is 10.8. The Morgan fingerprint density at radius 2 is 2.43 bits per heavy atom. The lowest BCUT2D eigenvalue weighted by Crippen LogP contribution is -2.02. The van der Waals surface area contributed by atoms with E-state index in [1.165, 1.54) is 0 Å². The molecule has 0 unspecified atom stereocenters. The minimum absolute atomic E-state index is 0.404. The largest absolute Gasteiger partial charge is 0.423 e. The Bertz CT molecular complexity index is 408. The van der Waals surface area contributed by atoms with Crippen molar-refractivity contribution in [3.8, 4) is 5.75 Å². The van der Waals surface area contributed by atoms with E-state index in [9.17, 15) is 4.79 Å². The van der Waals surface area contributed by atoms with Crippen molar-refractivity contribution >= 4 is 29.0 Å². The molecule has 0 saturated heterocycles. The molecule has 0 aliphatic rings. The van der Waals surface area contributed by atoms with Crippen LogP contribution in [0.2, 0.25) is 0 Å². The lowest BCUT2D eigenvalue weighted by Gasteiger charge is -2.00. The summed E-state index contributed by atoms with van der Waals surface area (Å²) in [5.74, 6) is -0.102. The van der Waals surface area contributed by atoms with E-state index in [1.807, 2.05) is 0 Å². The number of hydrogen-bond donors (Lipinski definition) is 0. The van der Waals surface area contributed by atoms with Gasteiger partial charge in [0.2, 0.25) is 0 Å². The van der Waals surface area contributed by atoms with Crippen molar-refractivity contribution in [2.75, 3.05) is 0 Å². The summed E-state index contributed by atoms with van der Waals surface area (Å²) in [6, 6.07) is 6.66. The van der Waals surface area contributed by atoms with Crippen LogP contribution in [-0.2, 0) is 4.79 Å². The monoisotopic (exact) mass is 205 g/mol. The SMILES string of the molecule is C=CC(=O)Oc1cccc(N=C=S)c1. The van der Waals surface area contributed by atoms with E-state index in [0.29, 0.717) is 11.4 Å². The van der Waals surface area contributed by atoms with Crippen molar-refractivity contribution in [2.24, 2.45) is 4.99 Å². The van der Waals surface area contributed by atoms with Gasteiger partial charge in [-0.25, -0.2) is 4.79 Å². The van der Waals surface area contributed by atoms with Gasteiger partial charge in [-0.3, -0.25) is 0 Å². The van der Waals surface area contributed by atoms with E-state index in [4.69, 9.17) is 4.74 Å². The first-order valence-corrected chi connectivity index (χ1v) is 4.19. The van der Waals surface area contributed by atoms with Crippen LogP contribution in [0.25, 0.3) is 0 Å². The number of carbonyl (C=O) groups excluding carboxylic acids is 1. The number of hydrogen-bond acceptors (Lipinski definition) is 4. The molecule has 0 saturated carbocycles. The number of ether oxygens (including phenoxy) is 1. The number of carbonyl (C=O) groups is 1. The van der Waals surface area contributed by atoms with Gasteiger partial charge >= 0.3 is 5.97 Å². The Labute approximate surface area is 86.7 Å². The molecule has 0 atom stereocenters. The highest BCUT2D eigenvalue weighted by molar-refractivity contribution is 7.78. The molecule has 0 heterocycles. The highest BCUT2D eigenvalue weighted by Crippen LogP contribution is 2.19. The van der Waals surface area contributed by atoms with Crippen LogP contribution in [0.1, 0.15) is 0 Å². The third-order valence-corrected chi connectivity index (χ3v) is 1.47. The van der Waals surface area contributed by atoms with Crippen LogP contribution >= 0.6 is 12.2 Å². The molecule has 0 aromatic heterocycles. The van der Waals surface area contributed by atoms with Crippen LogP contribution in [0.4, 0.5) is 5.69 Å². The maximum Gasteiger partial charge on any atom is 0.335 e. The van der Waals surface area contributed by atoms with Crippen molar-refractivity contribution in [1.29, 1.82) is 0 Å². The second-order valence-corrected chi connectivity index (χ2v) is 2.51. The van der Waals surface area contributed by atoms with Crippen LogP contribution in [0.15, 0.2) is 41.9 Å². The molecular formula is C10H7NO2S. The van der Waals surface area contributed by atoms with Crippen molar-refractivity contribution in [3.05, 3.63) is 36.9 Å². The topological polar surface area (TPSA) is 38.7 Å². The molecule has 0 N–H and O–H groups in total. The van der Waals surface area contributed by atoms with E-state index < -0.39 is 5.97 Å². The number of thiocarbonyl (C=S) groups is 1. The van der Waals surface area contributed by atoms with E-state index in [1.54, 1.807) is 24.3 Å². The third-order valence-electron chi connectivity index (χ3n) is 1.38. The summed E-state index contributed by atoms with van der Waals surface area (Å²) in [5.41, 5.74) is 0.592.